The molecule has 0 aromatic rings. The van der Waals surface area contributed by atoms with Gasteiger partial charge < -0.3 is 19.5 Å². The molecule has 17 heavy (non-hydrogen) atoms. The Balaban J connectivity index is 2.27. The highest BCUT2D eigenvalue weighted by Gasteiger charge is 2.19. The lowest BCUT2D eigenvalue weighted by atomic mass is 10.2. The van der Waals surface area contributed by atoms with Gasteiger partial charge in [0.2, 0.25) is 0 Å². The molecule has 0 radical (unpaired) electrons. The van der Waals surface area contributed by atoms with Gasteiger partial charge in [-0.1, -0.05) is 0 Å². The second-order valence-electron chi connectivity index (χ2n) is 4.34. The lowest BCUT2D eigenvalue weighted by Gasteiger charge is -2.24. The maximum absolute atomic E-state index is 11.1. The molecule has 0 aromatic carbocycles. The van der Waals surface area contributed by atoms with Gasteiger partial charge in [-0.2, -0.15) is 0 Å². The van der Waals surface area contributed by atoms with Crippen LogP contribution in [0.15, 0.2) is 0 Å². The Kier molecular flexibility index (Phi) is 7.16. The van der Waals surface area contributed by atoms with Crippen molar-refractivity contribution in [3.63, 3.8) is 0 Å². The maximum atomic E-state index is 11.1. The van der Waals surface area contributed by atoms with Gasteiger partial charge in [0.15, 0.2) is 0 Å². The first-order chi connectivity index (χ1) is 8.26. The molecule has 1 rings (SSSR count). The number of carbonyl (C=O) groups is 1. The summed E-state index contributed by atoms with van der Waals surface area (Å²) >= 11 is 0. The van der Waals surface area contributed by atoms with E-state index >= 15 is 0 Å². The number of carbonyl (C=O) groups excluding carboxylic acids is 1. The number of aliphatic hydroxyl groups excluding tert-OH is 1. The Bertz CT molecular complexity index is 217. The molecule has 1 fully saturated rings. The third-order valence-electron chi connectivity index (χ3n) is 2.98. The van der Waals surface area contributed by atoms with Crippen LogP contribution >= 0.6 is 0 Å². The van der Waals surface area contributed by atoms with E-state index in [1.165, 1.54) is 7.11 Å². The fourth-order valence-electron chi connectivity index (χ4n) is 2.02. The number of hydrogen-bond donors (Lipinski definition) is 1. The van der Waals surface area contributed by atoms with E-state index in [-0.39, 0.29) is 18.7 Å². The van der Waals surface area contributed by atoms with Gasteiger partial charge in [-0.15, -0.1) is 0 Å². The predicted octanol–water partition coefficient (Wildman–Crippen LogP) is 0.413. The van der Waals surface area contributed by atoms with Crippen molar-refractivity contribution in [3.8, 4) is 0 Å². The van der Waals surface area contributed by atoms with Gasteiger partial charge in [0.25, 0.3) is 0 Å². The first-order valence-electron chi connectivity index (χ1n) is 6.28. The quantitative estimate of drug-likeness (QED) is 0.628. The molecule has 1 aliphatic heterocycles. The minimum atomic E-state index is -0.189. The SMILES string of the molecule is COC(=O)CCN(CCCO)CC1CCCO1. The number of ether oxygens (including phenoxy) is 2. The van der Waals surface area contributed by atoms with Gasteiger partial charge >= 0.3 is 5.97 Å². The summed E-state index contributed by atoms with van der Waals surface area (Å²) in [6.45, 7) is 3.34. The molecule has 5 heteroatoms. The molecule has 0 bridgehead atoms. The summed E-state index contributed by atoms with van der Waals surface area (Å²) in [4.78, 5) is 13.3. The smallest absolute Gasteiger partial charge is 0.306 e. The molecule has 0 spiro atoms. The Morgan fingerprint density at radius 2 is 2.35 bits per heavy atom. The summed E-state index contributed by atoms with van der Waals surface area (Å²) < 4.78 is 10.2. The third kappa shape index (κ3) is 6.00. The Hall–Kier alpha value is -0.650. The highest BCUT2D eigenvalue weighted by molar-refractivity contribution is 5.69. The number of methoxy groups -OCH3 is 1. The molecule has 1 heterocycles. The Morgan fingerprint density at radius 3 is 2.94 bits per heavy atom. The number of rotatable bonds is 8. The highest BCUT2D eigenvalue weighted by Crippen LogP contribution is 2.13. The molecule has 100 valence electrons. The van der Waals surface area contributed by atoms with Crippen LogP contribution in [0.2, 0.25) is 0 Å². The van der Waals surface area contributed by atoms with Gasteiger partial charge in [0.1, 0.15) is 0 Å². The van der Waals surface area contributed by atoms with Crippen molar-refractivity contribution < 1.29 is 19.4 Å². The van der Waals surface area contributed by atoms with E-state index in [2.05, 4.69) is 9.64 Å². The molecule has 0 aromatic heterocycles. The molecule has 0 aliphatic carbocycles. The standard InChI is InChI=1S/C12H23NO4/c1-16-12(15)5-7-13(6-3-8-14)10-11-4-2-9-17-11/h11,14H,2-10H2,1H3. The Labute approximate surface area is 103 Å². The van der Waals surface area contributed by atoms with E-state index in [1.807, 2.05) is 0 Å². The van der Waals surface area contributed by atoms with E-state index in [0.29, 0.717) is 13.0 Å². The van der Waals surface area contributed by atoms with E-state index in [1.54, 1.807) is 0 Å². The maximum Gasteiger partial charge on any atom is 0.306 e. The Morgan fingerprint density at radius 1 is 1.53 bits per heavy atom. The summed E-state index contributed by atoms with van der Waals surface area (Å²) in [6, 6.07) is 0. The van der Waals surface area contributed by atoms with Crippen molar-refractivity contribution in [1.29, 1.82) is 0 Å². The van der Waals surface area contributed by atoms with Crippen LogP contribution in [-0.2, 0) is 14.3 Å². The lowest BCUT2D eigenvalue weighted by Crippen LogP contribution is -2.35. The summed E-state index contributed by atoms with van der Waals surface area (Å²) in [6.07, 6.45) is 3.62. The monoisotopic (exact) mass is 245 g/mol. The van der Waals surface area contributed by atoms with Crippen LogP contribution in [0.1, 0.15) is 25.7 Å². The van der Waals surface area contributed by atoms with Crippen LogP contribution in [0.5, 0.6) is 0 Å². The summed E-state index contributed by atoms with van der Waals surface area (Å²) in [7, 11) is 1.40. The number of aliphatic hydroxyl groups is 1. The van der Waals surface area contributed by atoms with Crippen molar-refractivity contribution in [2.75, 3.05) is 40.0 Å². The third-order valence-corrected chi connectivity index (χ3v) is 2.98. The number of hydrogen-bond acceptors (Lipinski definition) is 5. The van der Waals surface area contributed by atoms with Crippen LogP contribution < -0.4 is 0 Å². The molecule has 1 atom stereocenters. The molecule has 1 unspecified atom stereocenters. The van der Waals surface area contributed by atoms with E-state index in [4.69, 9.17) is 9.84 Å². The highest BCUT2D eigenvalue weighted by atomic mass is 16.5. The minimum absolute atomic E-state index is 0.181. The first kappa shape index (κ1) is 14.4. The molecule has 1 aliphatic rings. The average Bonchev–Trinajstić information content (AvgIpc) is 2.84. The van der Waals surface area contributed by atoms with E-state index in [9.17, 15) is 4.79 Å². The first-order valence-corrected chi connectivity index (χ1v) is 6.28. The second kappa shape index (κ2) is 8.44. The summed E-state index contributed by atoms with van der Waals surface area (Å²) in [5.74, 6) is -0.189. The summed E-state index contributed by atoms with van der Waals surface area (Å²) in [5, 5.41) is 8.85. The molecule has 1 N–H and O–H groups in total. The van der Waals surface area contributed by atoms with Crippen LogP contribution in [0.4, 0.5) is 0 Å². The van der Waals surface area contributed by atoms with E-state index < -0.39 is 0 Å². The normalized spacial score (nSPS) is 19.8. The zero-order valence-corrected chi connectivity index (χ0v) is 10.6. The molecule has 0 amide bonds. The van der Waals surface area contributed by atoms with Crippen molar-refractivity contribution in [1.82, 2.24) is 4.90 Å². The second-order valence-corrected chi connectivity index (χ2v) is 4.34. The molecular formula is C12H23NO4. The molecule has 5 nitrogen and oxygen atoms in total. The fraction of sp³-hybridized carbons (Fsp3) is 0.917. The van der Waals surface area contributed by atoms with Crippen molar-refractivity contribution in [3.05, 3.63) is 0 Å². The predicted molar refractivity (Wildman–Crippen MR) is 63.7 cm³/mol. The van der Waals surface area contributed by atoms with Gasteiger partial charge in [-0.05, 0) is 19.3 Å². The minimum Gasteiger partial charge on any atom is -0.469 e. The van der Waals surface area contributed by atoms with Gasteiger partial charge in [-0.25, -0.2) is 0 Å². The molecular weight excluding hydrogens is 222 g/mol. The number of nitrogens with zero attached hydrogens (tertiary/aromatic N) is 1. The molecule has 1 saturated heterocycles. The van der Waals surface area contributed by atoms with Crippen molar-refractivity contribution >= 4 is 5.97 Å². The number of esters is 1. The van der Waals surface area contributed by atoms with Crippen molar-refractivity contribution in [2.45, 2.75) is 31.8 Å². The average molecular weight is 245 g/mol. The van der Waals surface area contributed by atoms with Gasteiger partial charge in [-0.3, -0.25) is 4.79 Å². The molecule has 0 saturated carbocycles. The largest absolute Gasteiger partial charge is 0.469 e. The van der Waals surface area contributed by atoms with Crippen LogP contribution in [0.3, 0.4) is 0 Å². The van der Waals surface area contributed by atoms with Crippen LogP contribution in [0.25, 0.3) is 0 Å². The van der Waals surface area contributed by atoms with Crippen LogP contribution in [-0.4, -0.2) is 62.0 Å². The van der Waals surface area contributed by atoms with Crippen LogP contribution in [0, 0.1) is 0 Å². The summed E-state index contributed by atoms with van der Waals surface area (Å²) in [5.41, 5.74) is 0. The fourth-order valence-corrected chi connectivity index (χ4v) is 2.02. The van der Waals surface area contributed by atoms with Crippen molar-refractivity contribution in [2.24, 2.45) is 0 Å². The zero-order chi connectivity index (χ0) is 12.5. The topological polar surface area (TPSA) is 59.0 Å². The van der Waals surface area contributed by atoms with Gasteiger partial charge in [0.05, 0.1) is 19.6 Å². The lowest BCUT2D eigenvalue weighted by molar-refractivity contribution is -0.141. The van der Waals surface area contributed by atoms with E-state index in [0.717, 1.165) is 39.0 Å². The zero-order valence-electron chi connectivity index (χ0n) is 10.6. The van der Waals surface area contributed by atoms with Gasteiger partial charge in [0, 0.05) is 32.8 Å².